The Balaban J connectivity index is 1.53. The first-order chi connectivity index (χ1) is 14.8. The van der Waals surface area contributed by atoms with E-state index in [2.05, 4.69) is 17.3 Å². The summed E-state index contributed by atoms with van der Waals surface area (Å²) in [5, 5.41) is 2.72. The number of amides is 1. The summed E-state index contributed by atoms with van der Waals surface area (Å²) in [7, 11) is 1.20. The Hall–Kier alpha value is -2.62. The largest absolute Gasteiger partial charge is 0.497 e. The van der Waals surface area contributed by atoms with Crippen molar-refractivity contribution in [2.45, 2.75) is 23.8 Å². The van der Waals surface area contributed by atoms with Gasteiger partial charge in [0.05, 0.1) is 18.6 Å². The van der Waals surface area contributed by atoms with Crippen molar-refractivity contribution in [1.29, 1.82) is 0 Å². The fourth-order valence-electron chi connectivity index (χ4n) is 3.33. The van der Waals surface area contributed by atoms with Gasteiger partial charge in [0.15, 0.2) is 0 Å². The van der Waals surface area contributed by atoms with Gasteiger partial charge in [0.25, 0.3) is 0 Å². The normalized spacial score (nSPS) is 15.6. The third-order valence-corrected chi connectivity index (χ3v) is 7.06. The molecule has 31 heavy (non-hydrogen) atoms. The Bertz CT molecular complexity index is 969. The van der Waals surface area contributed by atoms with Crippen molar-refractivity contribution in [1.82, 2.24) is 9.21 Å². The minimum Gasteiger partial charge on any atom is -0.497 e. The van der Waals surface area contributed by atoms with E-state index >= 15 is 0 Å². The molecule has 2 aromatic rings. The van der Waals surface area contributed by atoms with Gasteiger partial charge in [0, 0.05) is 25.8 Å². The fourth-order valence-corrected chi connectivity index (χ4v) is 4.45. The third kappa shape index (κ3) is 6.19. The van der Waals surface area contributed by atoms with Crippen LogP contribution in [0.3, 0.4) is 0 Å². The van der Waals surface area contributed by atoms with Crippen LogP contribution in [0.2, 0.25) is 0 Å². The third-order valence-electron chi connectivity index (χ3n) is 5.24. The van der Waals surface area contributed by atoms with Crippen molar-refractivity contribution >= 4 is 21.6 Å². The first-order valence-corrected chi connectivity index (χ1v) is 11.6. The average molecular weight is 448 g/mol. The van der Waals surface area contributed by atoms with Gasteiger partial charge >= 0.3 is 0 Å². The van der Waals surface area contributed by atoms with Crippen molar-refractivity contribution in [3.63, 3.8) is 0 Å². The molecule has 8 nitrogen and oxygen atoms in total. The molecule has 1 aliphatic heterocycles. The lowest BCUT2D eigenvalue weighted by atomic mass is 10.1. The van der Waals surface area contributed by atoms with E-state index in [0.717, 1.165) is 36.0 Å². The second kappa shape index (κ2) is 10.1. The van der Waals surface area contributed by atoms with E-state index in [-0.39, 0.29) is 17.5 Å². The monoisotopic (exact) mass is 447 g/mol. The zero-order chi connectivity index (χ0) is 22.4. The van der Waals surface area contributed by atoms with E-state index in [1.165, 1.54) is 26.3 Å². The van der Waals surface area contributed by atoms with E-state index in [9.17, 15) is 13.2 Å². The topological polar surface area (TPSA) is 88.2 Å². The molecule has 0 aromatic heterocycles. The van der Waals surface area contributed by atoms with E-state index < -0.39 is 15.9 Å². The zero-order valence-electron chi connectivity index (χ0n) is 18.1. The molecule has 2 aromatic carbocycles. The van der Waals surface area contributed by atoms with Crippen molar-refractivity contribution in [3.05, 3.63) is 48.5 Å². The molecular weight excluding hydrogens is 418 g/mol. The second-order valence-corrected chi connectivity index (χ2v) is 9.67. The summed E-state index contributed by atoms with van der Waals surface area (Å²) < 4.78 is 37.4. The number of ether oxygens (including phenoxy) is 2. The Labute approximate surface area is 183 Å². The number of piperidine rings is 1. The number of methoxy groups -OCH3 is 1. The molecule has 0 unspecified atom stereocenters. The minimum absolute atomic E-state index is 0.0963. The van der Waals surface area contributed by atoms with Crippen LogP contribution in [0.4, 0.5) is 5.69 Å². The van der Waals surface area contributed by atoms with Crippen LogP contribution in [-0.2, 0) is 14.8 Å². The molecule has 9 heteroatoms. The lowest BCUT2D eigenvalue weighted by molar-refractivity contribution is -0.116. The summed E-state index contributed by atoms with van der Waals surface area (Å²) >= 11 is 0. The Kier molecular flexibility index (Phi) is 7.53. The Morgan fingerprint density at radius 3 is 2.23 bits per heavy atom. The number of likely N-dealkylation sites (tertiary alicyclic amines) is 1. The van der Waals surface area contributed by atoms with Crippen LogP contribution in [-0.4, -0.2) is 70.5 Å². The zero-order valence-corrected chi connectivity index (χ0v) is 18.9. The van der Waals surface area contributed by atoms with Crippen LogP contribution < -0.4 is 14.8 Å². The summed E-state index contributed by atoms with van der Waals surface area (Å²) in [6.45, 7) is 1.74. The predicted octanol–water partition coefficient (Wildman–Crippen LogP) is 2.43. The van der Waals surface area contributed by atoms with Gasteiger partial charge in [0.1, 0.15) is 17.6 Å². The molecule has 0 radical (unpaired) electrons. The van der Waals surface area contributed by atoms with Gasteiger partial charge in [-0.1, -0.05) is 0 Å². The number of hydrogen-bond donors (Lipinski definition) is 1. The second-order valence-electron chi connectivity index (χ2n) is 7.63. The maximum absolute atomic E-state index is 12.7. The number of nitrogens with zero attached hydrogens (tertiary/aromatic N) is 2. The van der Waals surface area contributed by atoms with Gasteiger partial charge in [-0.25, -0.2) is 8.42 Å². The molecule has 3 rings (SSSR count). The van der Waals surface area contributed by atoms with Crippen LogP contribution in [0.15, 0.2) is 53.4 Å². The molecule has 0 aliphatic carbocycles. The van der Waals surface area contributed by atoms with Gasteiger partial charge in [-0.3, -0.25) is 4.79 Å². The van der Waals surface area contributed by atoms with Gasteiger partial charge in [-0.15, -0.1) is 0 Å². The maximum Gasteiger partial charge on any atom is 0.243 e. The Morgan fingerprint density at radius 1 is 1.06 bits per heavy atom. The summed E-state index contributed by atoms with van der Waals surface area (Å²) in [6.07, 6.45) is 2.18. The van der Waals surface area contributed by atoms with Crippen molar-refractivity contribution in [2.75, 3.05) is 46.2 Å². The minimum atomic E-state index is -3.78. The van der Waals surface area contributed by atoms with Crippen molar-refractivity contribution in [3.8, 4) is 11.5 Å². The average Bonchev–Trinajstić information content (AvgIpc) is 2.76. The number of rotatable bonds is 8. The summed E-state index contributed by atoms with van der Waals surface area (Å²) in [5.74, 6) is 0.887. The summed E-state index contributed by atoms with van der Waals surface area (Å²) in [4.78, 5) is 14.7. The molecule has 0 spiro atoms. The molecule has 0 bridgehead atoms. The number of sulfonamides is 1. The van der Waals surface area contributed by atoms with Gasteiger partial charge < -0.3 is 19.7 Å². The number of nitrogens with one attached hydrogen (secondary N) is 1. The van der Waals surface area contributed by atoms with E-state index in [0.29, 0.717) is 11.4 Å². The highest BCUT2D eigenvalue weighted by atomic mass is 32.2. The highest BCUT2D eigenvalue weighted by Gasteiger charge is 2.23. The maximum atomic E-state index is 12.7. The SMILES string of the molecule is COc1ccc(S(=O)(=O)N(C)CC(=O)Nc2ccc(OC3CCN(C)CC3)cc2)cc1. The molecule has 1 fully saturated rings. The van der Waals surface area contributed by atoms with E-state index in [1.807, 2.05) is 12.1 Å². The molecule has 1 N–H and O–H groups in total. The van der Waals surface area contributed by atoms with Crippen LogP contribution in [0, 0.1) is 0 Å². The van der Waals surface area contributed by atoms with Crippen molar-refractivity contribution in [2.24, 2.45) is 0 Å². The van der Waals surface area contributed by atoms with E-state index in [4.69, 9.17) is 9.47 Å². The van der Waals surface area contributed by atoms with Crippen molar-refractivity contribution < 1.29 is 22.7 Å². The Morgan fingerprint density at radius 2 is 1.65 bits per heavy atom. The molecule has 1 saturated heterocycles. The molecule has 1 heterocycles. The van der Waals surface area contributed by atoms with Gasteiger partial charge in [-0.2, -0.15) is 4.31 Å². The number of hydrogen-bond acceptors (Lipinski definition) is 6. The number of carbonyl (C=O) groups excluding carboxylic acids is 1. The van der Waals surface area contributed by atoms with Gasteiger partial charge in [-0.05, 0) is 68.4 Å². The quantitative estimate of drug-likeness (QED) is 0.669. The molecule has 0 saturated carbocycles. The lowest BCUT2D eigenvalue weighted by Gasteiger charge is -2.29. The number of likely N-dealkylation sites (N-methyl/N-ethyl adjacent to an activating group) is 1. The smallest absolute Gasteiger partial charge is 0.243 e. The molecule has 1 aliphatic rings. The molecular formula is C22H29N3O5S. The molecule has 0 atom stereocenters. The first-order valence-electron chi connectivity index (χ1n) is 10.1. The number of anilines is 1. The molecule has 168 valence electrons. The predicted molar refractivity (Wildman–Crippen MR) is 119 cm³/mol. The fraction of sp³-hybridized carbons (Fsp3) is 0.409. The number of benzene rings is 2. The first kappa shape index (κ1) is 23.1. The number of carbonyl (C=O) groups is 1. The highest BCUT2D eigenvalue weighted by molar-refractivity contribution is 7.89. The van der Waals surface area contributed by atoms with Gasteiger partial charge in [0.2, 0.25) is 15.9 Å². The highest BCUT2D eigenvalue weighted by Crippen LogP contribution is 2.21. The van der Waals surface area contributed by atoms with Crippen LogP contribution in [0.5, 0.6) is 11.5 Å². The summed E-state index contributed by atoms with van der Waals surface area (Å²) in [6, 6.07) is 13.2. The van der Waals surface area contributed by atoms with Crippen LogP contribution in [0.25, 0.3) is 0 Å². The summed E-state index contributed by atoms with van der Waals surface area (Å²) in [5.41, 5.74) is 0.580. The molecule has 1 amide bonds. The standard InChI is InChI=1S/C22H29N3O5S/c1-24-14-12-20(13-15-24)30-19-6-4-17(5-7-19)23-22(26)16-25(2)31(27,28)21-10-8-18(29-3)9-11-21/h4-11,20H,12-16H2,1-3H3,(H,23,26). The van der Waals surface area contributed by atoms with Crippen LogP contribution in [0.1, 0.15) is 12.8 Å². The van der Waals surface area contributed by atoms with Crippen LogP contribution >= 0.6 is 0 Å². The lowest BCUT2D eigenvalue weighted by Crippen LogP contribution is -2.35. The van der Waals surface area contributed by atoms with E-state index in [1.54, 1.807) is 24.3 Å².